The van der Waals surface area contributed by atoms with Crippen LogP contribution in [0.15, 0.2) is 36.4 Å². The highest BCUT2D eigenvalue weighted by molar-refractivity contribution is 14.1. The maximum Gasteiger partial charge on any atom is 0.255 e. The lowest BCUT2D eigenvalue weighted by Crippen LogP contribution is -2.13. The molecule has 0 unspecified atom stereocenters. The van der Waals surface area contributed by atoms with Crippen molar-refractivity contribution in [2.45, 2.75) is 0 Å². The van der Waals surface area contributed by atoms with Gasteiger partial charge in [0.15, 0.2) is 0 Å². The molecule has 0 aliphatic heterocycles. The van der Waals surface area contributed by atoms with E-state index in [0.717, 1.165) is 3.57 Å². The maximum absolute atomic E-state index is 13.0. The first-order chi connectivity index (χ1) is 8.97. The van der Waals surface area contributed by atoms with Crippen LogP contribution >= 0.6 is 56.8 Å². The highest BCUT2D eigenvalue weighted by Gasteiger charge is 2.10. The van der Waals surface area contributed by atoms with Crippen molar-refractivity contribution in [3.63, 3.8) is 0 Å². The Morgan fingerprint density at radius 3 is 2.47 bits per heavy atom. The molecule has 0 saturated heterocycles. The lowest BCUT2D eigenvalue weighted by molar-refractivity contribution is 0.102. The number of amides is 1. The molecule has 2 aromatic carbocycles. The van der Waals surface area contributed by atoms with Gasteiger partial charge >= 0.3 is 0 Å². The van der Waals surface area contributed by atoms with E-state index >= 15 is 0 Å². The van der Waals surface area contributed by atoms with Crippen LogP contribution in [-0.4, -0.2) is 5.91 Å². The van der Waals surface area contributed by atoms with Gasteiger partial charge < -0.3 is 5.32 Å². The Hall–Kier alpha value is -0.410. The molecular formula is C13H7ClFI2NO. The molecule has 0 aliphatic carbocycles. The van der Waals surface area contributed by atoms with E-state index in [1.54, 1.807) is 18.2 Å². The molecule has 19 heavy (non-hydrogen) atoms. The molecule has 0 saturated carbocycles. The molecular weight excluding hydrogens is 494 g/mol. The number of nitrogens with one attached hydrogen (secondary N) is 1. The lowest BCUT2D eigenvalue weighted by atomic mass is 10.2. The van der Waals surface area contributed by atoms with Crippen LogP contribution < -0.4 is 5.32 Å². The van der Waals surface area contributed by atoms with Crippen molar-refractivity contribution in [3.05, 3.63) is 59.9 Å². The zero-order chi connectivity index (χ0) is 14.0. The van der Waals surface area contributed by atoms with Crippen LogP contribution in [0.3, 0.4) is 0 Å². The second-order valence-corrected chi connectivity index (χ2v) is 6.44. The Morgan fingerprint density at radius 1 is 1.11 bits per heavy atom. The van der Waals surface area contributed by atoms with E-state index in [1.165, 1.54) is 18.2 Å². The van der Waals surface area contributed by atoms with Crippen LogP contribution in [0.1, 0.15) is 10.4 Å². The predicted octanol–water partition coefficient (Wildman–Crippen LogP) is 4.94. The molecule has 6 heteroatoms. The summed E-state index contributed by atoms with van der Waals surface area (Å²) in [4.78, 5) is 12.0. The van der Waals surface area contributed by atoms with Crippen LogP contribution in [0.2, 0.25) is 5.02 Å². The fourth-order valence-electron chi connectivity index (χ4n) is 1.42. The van der Waals surface area contributed by atoms with E-state index in [1.807, 2.05) is 22.6 Å². The highest BCUT2D eigenvalue weighted by Crippen LogP contribution is 2.22. The molecule has 2 aromatic rings. The van der Waals surface area contributed by atoms with Gasteiger partial charge in [0.2, 0.25) is 0 Å². The van der Waals surface area contributed by atoms with Crippen molar-refractivity contribution in [3.8, 4) is 0 Å². The number of halogens is 4. The summed E-state index contributed by atoms with van der Waals surface area (Å²) in [6.45, 7) is 0. The molecule has 0 aromatic heterocycles. The van der Waals surface area contributed by atoms with Crippen molar-refractivity contribution >= 4 is 68.4 Å². The van der Waals surface area contributed by atoms with E-state index in [0.29, 0.717) is 19.8 Å². The molecule has 2 nitrogen and oxygen atoms in total. The van der Waals surface area contributed by atoms with Gasteiger partial charge in [-0.15, -0.1) is 0 Å². The molecule has 1 N–H and O–H groups in total. The SMILES string of the molecule is O=C(Nc1ccc(F)cc1I)c1ccc(I)c(Cl)c1. The van der Waals surface area contributed by atoms with Crippen LogP contribution in [-0.2, 0) is 0 Å². The molecule has 0 heterocycles. The van der Waals surface area contributed by atoms with Gasteiger partial charge in [-0.3, -0.25) is 4.79 Å². The van der Waals surface area contributed by atoms with E-state index < -0.39 is 0 Å². The minimum atomic E-state index is -0.334. The summed E-state index contributed by atoms with van der Waals surface area (Å²) in [6, 6.07) is 9.26. The number of hydrogen-bond acceptors (Lipinski definition) is 1. The van der Waals surface area contributed by atoms with Gasteiger partial charge in [-0.2, -0.15) is 0 Å². The Labute approximate surface area is 142 Å². The smallest absolute Gasteiger partial charge is 0.255 e. The second-order valence-electron chi connectivity index (χ2n) is 3.71. The first-order valence-corrected chi connectivity index (χ1v) is 7.72. The normalized spacial score (nSPS) is 10.3. The number of rotatable bonds is 2. The number of hydrogen-bond donors (Lipinski definition) is 1. The number of carbonyl (C=O) groups is 1. The summed E-state index contributed by atoms with van der Waals surface area (Å²) in [7, 11) is 0. The average molecular weight is 501 g/mol. The van der Waals surface area contributed by atoms with Crippen molar-refractivity contribution in [1.82, 2.24) is 0 Å². The monoisotopic (exact) mass is 501 g/mol. The van der Waals surface area contributed by atoms with E-state index in [-0.39, 0.29) is 11.7 Å². The van der Waals surface area contributed by atoms with Crippen molar-refractivity contribution in [1.29, 1.82) is 0 Å². The Balaban J connectivity index is 2.23. The summed E-state index contributed by atoms with van der Waals surface area (Å²) in [5, 5.41) is 3.26. The molecule has 0 atom stereocenters. The standard InChI is InChI=1S/C13H7ClFI2NO/c14-9-5-7(1-3-10(9)16)13(19)18-12-4-2-8(15)6-11(12)17/h1-6H,(H,18,19). The number of carbonyl (C=O) groups excluding carboxylic acids is 1. The summed E-state index contributed by atoms with van der Waals surface area (Å²) in [5.41, 5.74) is 1.03. The zero-order valence-electron chi connectivity index (χ0n) is 9.38. The third-order valence-corrected chi connectivity index (χ3v) is 4.83. The topological polar surface area (TPSA) is 29.1 Å². The van der Waals surface area contributed by atoms with E-state index in [4.69, 9.17) is 11.6 Å². The fraction of sp³-hybridized carbons (Fsp3) is 0. The summed E-state index contributed by atoms with van der Waals surface area (Å²) in [6.07, 6.45) is 0. The van der Waals surface area contributed by atoms with Gasteiger partial charge in [0.1, 0.15) is 5.82 Å². The van der Waals surface area contributed by atoms with Gasteiger partial charge in [-0.1, -0.05) is 11.6 Å². The Bertz CT molecular complexity index is 649. The number of benzene rings is 2. The van der Waals surface area contributed by atoms with Crippen molar-refractivity contribution < 1.29 is 9.18 Å². The molecule has 2 rings (SSSR count). The third kappa shape index (κ3) is 3.79. The first kappa shape index (κ1) is 15.0. The Morgan fingerprint density at radius 2 is 1.84 bits per heavy atom. The maximum atomic E-state index is 13.0. The predicted molar refractivity (Wildman–Crippen MR) is 91.2 cm³/mol. The highest BCUT2D eigenvalue weighted by atomic mass is 127. The van der Waals surface area contributed by atoms with Gasteiger partial charge in [0.25, 0.3) is 5.91 Å². The summed E-state index contributed by atoms with van der Waals surface area (Å²) in [5.74, 6) is -0.609. The fourth-order valence-corrected chi connectivity index (χ4v) is 2.55. The Kier molecular flexibility index (Phi) is 5.02. The summed E-state index contributed by atoms with van der Waals surface area (Å²) < 4.78 is 14.5. The number of anilines is 1. The molecule has 98 valence electrons. The minimum Gasteiger partial charge on any atom is -0.321 e. The largest absolute Gasteiger partial charge is 0.321 e. The average Bonchev–Trinajstić information content (AvgIpc) is 2.36. The molecule has 1 amide bonds. The molecule has 0 aliphatic rings. The molecule has 0 bridgehead atoms. The molecule has 0 fully saturated rings. The van der Waals surface area contributed by atoms with Crippen LogP contribution in [0.25, 0.3) is 0 Å². The van der Waals surface area contributed by atoms with Crippen LogP contribution in [0.5, 0.6) is 0 Å². The first-order valence-electron chi connectivity index (χ1n) is 5.19. The van der Waals surface area contributed by atoms with Gasteiger partial charge in [-0.05, 0) is 81.6 Å². The van der Waals surface area contributed by atoms with Crippen LogP contribution in [0, 0.1) is 13.0 Å². The quantitative estimate of drug-likeness (QED) is 0.581. The zero-order valence-corrected chi connectivity index (χ0v) is 14.5. The minimum absolute atomic E-state index is 0.275. The molecule has 0 radical (unpaired) electrons. The lowest BCUT2D eigenvalue weighted by Gasteiger charge is -2.08. The van der Waals surface area contributed by atoms with Crippen molar-refractivity contribution in [2.24, 2.45) is 0 Å². The van der Waals surface area contributed by atoms with Gasteiger partial charge in [0, 0.05) is 12.7 Å². The third-order valence-electron chi connectivity index (χ3n) is 2.36. The summed E-state index contributed by atoms with van der Waals surface area (Å²) >= 11 is 10.0. The van der Waals surface area contributed by atoms with E-state index in [2.05, 4.69) is 27.9 Å². The van der Waals surface area contributed by atoms with E-state index in [9.17, 15) is 9.18 Å². The van der Waals surface area contributed by atoms with Crippen LogP contribution in [0.4, 0.5) is 10.1 Å². The van der Waals surface area contributed by atoms with Gasteiger partial charge in [0.05, 0.1) is 10.7 Å². The van der Waals surface area contributed by atoms with Gasteiger partial charge in [-0.25, -0.2) is 4.39 Å². The second kappa shape index (κ2) is 6.36. The molecule has 0 spiro atoms. The van der Waals surface area contributed by atoms with Crippen molar-refractivity contribution in [2.75, 3.05) is 5.32 Å².